The summed E-state index contributed by atoms with van der Waals surface area (Å²) in [7, 11) is 0. The van der Waals surface area contributed by atoms with E-state index in [4.69, 9.17) is 9.97 Å². The zero-order valence-electron chi connectivity index (χ0n) is 25.3. The molecule has 2 aliphatic rings. The van der Waals surface area contributed by atoms with E-state index in [1.165, 1.54) is 0 Å². The molecule has 0 fully saturated rings. The van der Waals surface area contributed by atoms with Crippen molar-refractivity contribution in [1.29, 1.82) is 0 Å². The van der Waals surface area contributed by atoms with Crippen molar-refractivity contribution in [2.75, 3.05) is 0 Å². The molecule has 44 heavy (non-hydrogen) atoms. The maximum atomic E-state index is 12.7. The lowest BCUT2D eigenvalue weighted by molar-refractivity contribution is -0.137. The van der Waals surface area contributed by atoms with E-state index >= 15 is 0 Å². The van der Waals surface area contributed by atoms with Gasteiger partial charge in [0.2, 0.25) is 0 Å². The number of allylic oxidation sites excluding steroid dienone is 4. The van der Waals surface area contributed by atoms with Gasteiger partial charge in [0, 0.05) is 34.1 Å². The molecule has 0 atom stereocenters. The molecule has 3 aromatic rings. The van der Waals surface area contributed by atoms with E-state index in [2.05, 4.69) is 16.5 Å². The number of aromatic amines is 2. The summed E-state index contributed by atoms with van der Waals surface area (Å²) in [6, 6.07) is 5.62. The highest BCUT2D eigenvalue weighted by Crippen LogP contribution is 2.39. The number of aromatic carboxylic acids is 1. The molecule has 8 bridgehead atoms. The third-order valence-corrected chi connectivity index (χ3v) is 8.52. The number of aromatic nitrogens is 4. The van der Waals surface area contributed by atoms with Crippen molar-refractivity contribution in [3.8, 4) is 0 Å². The molecular formula is C34H34N4O6. The van der Waals surface area contributed by atoms with Crippen LogP contribution in [0.25, 0.3) is 50.4 Å². The van der Waals surface area contributed by atoms with Crippen molar-refractivity contribution in [1.82, 2.24) is 19.9 Å². The molecular weight excluding hydrogens is 560 g/mol. The zero-order chi connectivity index (χ0) is 32.0. The average molecular weight is 595 g/mol. The first-order valence-corrected chi connectivity index (χ1v) is 14.3. The van der Waals surface area contributed by atoms with Crippen molar-refractivity contribution >= 4 is 68.3 Å². The van der Waals surface area contributed by atoms with Crippen LogP contribution in [-0.4, -0.2) is 53.2 Å². The van der Waals surface area contributed by atoms with Crippen LogP contribution in [0, 0.1) is 13.8 Å². The number of hydrogen-bond donors (Lipinski definition) is 5. The minimum absolute atomic E-state index is 0.0691. The fourth-order valence-electron chi connectivity index (χ4n) is 6.14. The van der Waals surface area contributed by atoms with E-state index in [1.54, 1.807) is 19.1 Å². The average Bonchev–Trinajstić information content (AvgIpc) is 3.63. The Kier molecular flexibility index (Phi) is 7.86. The van der Waals surface area contributed by atoms with Gasteiger partial charge in [-0.25, -0.2) is 14.8 Å². The van der Waals surface area contributed by atoms with Crippen molar-refractivity contribution < 1.29 is 29.7 Å². The van der Waals surface area contributed by atoms with Gasteiger partial charge in [-0.15, -0.1) is 0 Å². The maximum Gasteiger partial charge on any atom is 0.338 e. The fourth-order valence-corrected chi connectivity index (χ4v) is 6.14. The van der Waals surface area contributed by atoms with Crippen LogP contribution in [0.1, 0.15) is 95.4 Å². The van der Waals surface area contributed by atoms with Gasteiger partial charge < -0.3 is 25.3 Å². The SMILES string of the molecule is C=Cc1c(C)c2cc3nc(c(CC(=O)O)c4[nH]c(cc5nc(cc1[nH]2)C(C)=C5CC)c(C)c4C(=O)O)C(CCC(=O)O)=C3C. The first-order chi connectivity index (χ1) is 20.9. The normalized spacial score (nSPS) is 13.0. The van der Waals surface area contributed by atoms with Crippen LogP contribution in [-0.2, 0) is 16.0 Å². The molecule has 0 saturated heterocycles. The van der Waals surface area contributed by atoms with Gasteiger partial charge >= 0.3 is 17.9 Å². The van der Waals surface area contributed by atoms with E-state index < -0.39 is 24.3 Å². The van der Waals surface area contributed by atoms with Crippen molar-refractivity contribution in [3.05, 3.63) is 75.4 Å². The van der Waals surface area contributed by atoms with Crippen LogP contribution in [0.15, 0.2) is 24.8 Å². The summed E-state index contributed by atoms with van der Waals surface area (Å²) >= 11 is 0. The van der Waals surface area contributed by atoms with E-state index in [0.717, 1.165) is 39.0 Å². The summed E-state index contributed by atoms with van der Waals surface area (Å²) < 4.78 is 0. The molecule has 5 rings (SSSR count). The first-order valence-electron chi connectivity index (χ1n) is 14.3. The number of carboxylic acids is 3. The topological polar surface area (TPSA) is 169 Å². The first kappa shape index (κ1) is 30.2. The van der Waals surface area contributed by atoms with Gasteiger partial charge in [0.05, 0.1) is 40.3 Å². The van der Waals surface area contributed by atoms with Crippen LogP contribution in [0.4, 0.5) is 0 Å². The molecule has 5 N–H and O–H groups in total. The summed E-state index contributed by atoms with van der Waals surface area (Å²) in [5.74, 6) is -3.42. The van der Waals surface area contributed by atoms with Crippen LogP contribution in [0.3, 0.4) is 0 Å². The lowest BCUT2D eigenvalue weighted by Gasteiger charge is -2.08. The van der Waals surface area contributed by atoms with E-state index in [9.17, 15) is 29.7 Å². The Hall–Kier alpha value is -5.25. The molecule has 0 saturated carbocycles. The van der Waals surface area contributed by atoms with Gasteiger partial charge in [-0.1, -0.05) is 19.6 Å². The van der Waals surface area contributed by atoms with Gasteiger partial charge in [-0.3, -0.25) is 9.59 Å². The molecule has 2 aliphatic heterocycles. The number of H-pyrrole nitrogens is 2. The summed E-state index contributed by atoms with van der Waals surface area (Å²) in [5, 5.41) is 29.8. The van der Waals surface area contributed by atoms with E-state index in [-0.39, 0.29) is 35.2 Å². The predicted octanol–water partition coefficient (Wildman–Crippen LogP) is 7.04. The van der Waals surface area contributed by atoms with Gasteiger partial charge in [0.15, 0.2) is 0 Å². The molecule has 0 unspecified atom stereocenters. The summed E-state index contributed by atoms with van der Waals surface area (Å²) in [5.41, 5.74) is 9.98. The second-order valence-electron chi connectivity index (χ2n) is 11.1. The number of rotatable bonds is 8. The number of aliphatic carboxylic acids is 2. The zero-order valence-corrected chi connectivity index (χ0v) is 25.3. The molecule has 0 radical (unpaired) electrons. The molecule has 0 aromatic carbocycles. The van der Waals surface area contributed by atoms with Gasteiger partial charge in [-0.05, 0) is 92.2 Å². The molecule has 10 nitrogen and oxygen atoms in total. The number of carbonyl (C=O) groups is 3. The maximum absolute atomic E-state index is 12.7. The van der Waals surface area contributed by atoms with Crippen molar-refractivity contribution in [2.45, 2.75) is 60.3 Å². The van der Waals surface area contributed by atoms with Gasteiger partial charge in [0.1, 0.15) is 0 Å². The van der Waals surface area contributed by atoms with Crippen molar-refractivity contribution in [3.63, 3.8) is 0 Å². The molecule has 10 heteroatoms. The Morgan fingerprint density at radius 3 is 2.05 bits per heavy atom. The van der Waals surface area contributed by atoms with Crippen LogP contribution in [0.2, 0.25) is 0 Å². The Labute approximate surface area is 253 Å². The Morgan fingerprint density at radius 2 is 1.43 bits per heavy atom. The number of nitrogens with zero attached hydrogens (tertiary/aromatic N) is 2. The predicted molar refractivity (Wildman–Crippen MR) is 171 cm³/mol. The summed E-state index contributed by atoms with van der Waals surface area (Å²) in [6.45, 7) is 13.5. The van der Waals surface area contributed by atoms with Crippen molar-refractivity contribution in [2.24, 2.45) is 0 Å². The highest BCUT2D eigenvalue weighted by Gasteiger charge is 2.27. The lowest BCUT2D eigenvalue weighted by atomic mass is 9.96. The number of fused-ring (bicyclic) bond motifs is 8. The smallest absolute Gasteiger partial charge is 0.338 e. The standard InChI is InChI=1S/C34H34N4O6/c1-7-19-15(3)23-12-25-17(5)21(9-10-29(39)40)32(37-25)22(11-30(41)42)33-31(34(43)44)18(6)26(38-33)14-28-20(8-2)16(4)24(36-28)13-27(19)35-23/h7,12-14,35,38H,1,8-11H2,2-6H3,(H,39,40)(H,41,42)(H,43,44). The van der Waals surface area contributed by atoms with E-state index in [0.29, 0.717) is 40.0 Å². The monoisotopic (exact) mass is 594 g/mol. The number of hydrogen-bond acceptors (Lipinski definition) is 5. The molecule has 5 heterocycles. The third kappa shape index (κ3) is 5.12. The molecule has 226 valence electrons. The number of carboxylic acid groups (broad SMARTS) is 3. The minimum Gasteiger partial charge on any atom is -0.481 e. The van der Waals surface area contributed by atoms with Gasteiger partial charge in [-0.2, -0.15) is 0 Å². The van der Waals surface area contributed by atoms with Crippen LogP contribution in [0.5, 0.6) is 0 Å². The van der Waals surface area contributed by atoms with E-state index in [1.807, 2.05) is 39.8 Å². The molecule has 0 aliphatic carbocycles. The van der Waals surface area contributed by atoms with Crippen LogP contribution >= 0.6 is 0 Å². The molecule has 0 spiro atoms. The highest BCUT2D eigenvalue weighted by atomic mass is 16.4. The Morgan fingerprint density at radius 1 is 0.818 bits per heavy atom. The number of nitrogens with one attached hydrogen (secondary N) is 2. The second-order valence-corrected chi connectivity index (χ2v) is 11.1. The minimum atomic E-state index is -1.22. The molecule has 0 amide bonds. The fraction of sp³-hybridized carbons (Fsp3) is 0.265. The quantitative estimate of drug-likeness (QED) is 0.185. The van der Waals surface area contributed by atoms with Gasteiger partial charge in [0.25, 0.3) is 0 Å². The summed E-state index contributed by atoms with van der Waals surface area (Å²) in [6.07, 6.45) is 1.81. The third-order valence-electron chi connectivity index (χ3n) is 8.52. The number of aryl methyl sites for hydroxylation is 2. The van der Waals surface area contributed by atoms with Crippen LogP contribution < -0.4 is 0 Å². The highest BCUT2D eigenvalue weighted by molar-refractivity contribution is 6.04. The molecule has 3 aromatic heterocycles. The second kappa shape index (κ2) is 11.4. The summed E-state index contributed by atoms with van der Waals surface area (Å²) in [4.78, 5) is 53.0. The Balaban J connectivity index is 2.07. The Bertz CT molecular complexity index is 2020. The largest absolute Gasteiger partial charge is 0.481 e. The lowest BCUT2D eigenvalue weighted by Crippen LogP contribution is -2.07.